The Morgan fingerprint density at radius 1 is 1.62 bits per heavy atom. The van der Waals surface area contributed by atoms with Crippen LogP contribution in [0.3, 0.4) is 0 Å². The van der Waals surface area contributed by atoms with Crippen LogP contribution in [0, 0.1) is 0 Å². The Balaban J connectivity index is 2.90. The normalized spacial score (nSPS) is 11.6. The van der Waals surface area contributed by atoms with Gasteiger partial charge in [0.2, 0.25) is 0 Å². The molecule has 0 aromatic carbocycles. The molecule has 0 spiro atoms. The predicted molar refractivity (Wildman–Crippen MR) is 61.4 cm³/mol. The molecule has 1 heterocycles. The van der Waals surface area contributed by atoms with Gasteiger partial charge in [-0.1, -0.05) is 0 Å². The molecule has 0 bridgehead atoms. The third-order valence-corrected chi connectivity index (χ3v) is 2.67. The van der Waals surface area contributed by atoms with Gasteiger partial charge in [0.1, 0.15) is 0 Å². The topological polar surface area (TPSA) is 56.1 Å². The van der Waals surface area contributed by atoms with E-state index in [0.717, 1.165) is 12.1 Å². The molecule has 0 saturated heterocycles. The van der Waals surface area contributed by atoms with Gasteiger partial charge in [0.15, 0.2) is 5.69 Å². The first-order chi connectivity index (χ1) is 7.39. The number of carbonyl (C=O) groups is 1. The van der Waals surface area contributed by atoms with Crippen molar-refractivity contribution in [3.63, 3.8) is 0 Å². The average Bonchev–Trinajstić information content (AvgIpc) is 2.58. The zero-order chi connectivity index (χ0) is 12.3. The highest BCUT2D eigenvalue weighted by Gasteiger charge is 2.20. The van der Waals surface area contributed by atoms with E-state index in [1.54, 1.807) is 10.7 Å². The Morgan fingerprint density at radius 3 is 2.75 bits per heavy atom. The van der Waals surface area contributed by atoms with E-state index in [-0.39, 0.29) is 5.54 Å². The number of nitrogens with zero attached hydrogens (tertiary/aromatic N) is 2. The lowest BCUT2D eigenvalue weighted by Crippen LogP contribution is -2.38. The van der Waals surface area contributed by atoms with Crippen molar-refractivity contribution in [2.45, 2.75) is 25.8 Å². The number of esters is 1. The van der Waals surface area contributed by atoms with Gasteiger partial charge in [-0.2, -0.15) is 5.10 Å². The number of hydrogen-bond acceptors (Lipinski definition) is 4. The lowest BCUT2D eigenvalue weighted by atomic mass is 9.98. The van der Waals surface area contributed by atoms with Crippen LogP contribution in [-0.4, -0.2) is 35.4 Å². The molecule has 0 radical (unpaired) electrons. The molecule has 1 aromatic heterocycles. The number of aryl methyl sites for hydroxylation is 1. The van der Waals surface area contributed by atoms with E-state index >= 15 is 0 Å². The van der Waals surface area contributed by atoms with Crippen LogP contribution >= 0.6 is 0 Å². The summed E-state index contributed by atoms with van der Waals surface area (Å²) in [6.45, 7) is 4.19. The van der Waals surface area contributed by atoms with Crippen molar-refractivity contribution in [2.24, 2.45) is 7.05 Å². The number of methoxy groups -OCH3 is 1. The maximum Gasteiger partial charge on any atom is 0.358 e. The third kappa shape index (κ3) is 2.82. The molecule has 0 aliphatic carbocycles. The van der Waals surface area contributed by atoms with Gasteiger partial charge >= 0.3 is 5.97 Å². The van der Waals surface area contributed by atoms with Crippen molar-refractivity contribution in [1.29, 1.82) is 0 Å². The second-order valence-corrected chi connectivity index (χ2v) is 4.45. The van der Waals surface area contributed by atoms with Crippen LogP contribution in [0.15, 0.2) is 6.07 Å². The molecule has 0 amide bonds. The molecule has 0 aliphatic heterocycles. The van der Waals surface area contributed by atoms with Gasteiger partial charge in [-0.25, -0.2) is 4.79 Å². The SMILES string of the molecule is CNC(C)(C)Cc1cc(C(=O)OC)nn1C. The van der Waals surface area contributed by atoms with E-state index in [4.69, 9.17) is 0 Å². The van der Waals surface area contributed by atoms with Crippen molar-refractivity contribution in [2.75, 3.05) is 14.2 Å². The fourth-order valence-electron chi connectivity index (χ4n) is 1.42. The standard InChI is InChI=1S/C11H19N3O2/c1-11(2,12-3)7-8-6-9(10(15)16-5)13-14(8)4/h6,12H,7H2,1-5H3. The lowest BCUT2D eigenvalue weighted by molar-refractivity contribution is 0.0593. The number of rotatable bonds is 4. The first-order valence-electron chi connectivity index (χ1n) is 5.20. The smallest absolute Gasteiger partial charge is 0.358 e. The molecule has 0 fully saturated rings. The maximum atomic E-state index is 11.3. The Labute approximate surface area is 95.8 Å². The summed E-state index contributed by atoms with van der Waals surface area (Å²) in [4.78, 5) is 11.3. The Bertz CT molecular complexity index is 383. The van der Waals surface area contributed by atoms with Gasteiger partial charge in [-0.15, -0.1) is 0 Å². The van der Waals surface area contributed by atoms with Crippen LogP contribution < -0.4 is 5.32 Å². The molecule has 1 aromatic rings. The summed E-state index contributed by atoms with van der Waals surface area (Å²) < 4.78 is 6.34. The lowest BCUT2D eigenvalue weighted by Gasteiger charge is -2.23. The van der Waals surface area contributed by atoms with Crippen LogP contribution in [0.2, 0.25) is 0 Å². The highest BCUT2D eigenvalue weighted by Crippen LogP contribution is 2.13. The summed E-state index contributed by atoms with van der Waals surface area (Å²) in [6, 6.07) is 1.77. The molecule has 0 atom stereocenters. The van der Waals surface area contributed by atoms with Crippen molar-refractivity contribution in [3.8, 4) is 0 Å². The van der Waals surface area contributed by atoms with E-state index in [9.17, 15) is 4.79 Å². The quantitative estimate of drug-likeness (QED) is 0.768. The average molecular weight is 225 g/mol. The van der Waals surface area contributed by atoms with Gasteiger partial charge < -0.3 is 10.1 Å². The molecule has 1 N–H and O–H groups in total. The van der Waals surface area contributed by atoms with Crippen molar-refractivity contribution >= 4 is 5.97 Å². The summed E-state index contributed by atoms with van der Waals surface area (Å²) >= 11 is 0. The zero-order valence-corrected chi connectivity index (χ0v) is 10.5. The molecule has 0 saturated carbocycles. The number of carbonyl (C=O) groups excluding carboxylic acids is 1. The number of ether oxygens (including phenoxy) is 1. The number of likely N-dealkylation sites (N-methyl/N-ethyl adjacent to an activating group) is 1. The summed E-state index contributed by atoms with van der Waals surface area (Å²) in [5, 5.41) is 7.33. The highest BCUT2D eigenvalue weighted by molar-refractivity contribution is 5.87. The third-order valence-electron chi connectivity index (χ3n) is 2.67. The minimum absolute atomic E-state index is 0.0266. The van der Waals surface area contributed by atoms with Crippen molar-refractivity contribution in [1.82, 2.24) is 15.1 Å². The molecular formula is C11H19N3O2. The molecular weight excluding hydrogens is 206 g/mol. The van der Waals surface area contributed by atoms with Crippen LogP contribution in [0.25, 0.3) is 0 Å². The fourth-order valence-corrected chi connectivity index (χ4v) is 1.42. The van der Waals surface area contributed by atoms with Crippen LogP contribution in [0.5, 0.6) is 0 Å². The van der Waals surface area contributed by atoms with Crippen LogP contribution in [0.4, 0.5) is 0 Å². The van der Waals surface area contributed by atoms with Gasteiger partial charge in [-0.05, 0) is 27.0 Å². The highest BCUT2D eigenvalue weighted by atomic mass is 16.5. The summed E-state index contributed by atoms with van der Waals surface area (Å²) in [5.41, 5.74) is 1.33. The minimum Gasteiger partial charge on any atom is -0.464 e. The molecule has 16 heavy (non-hydrogen) atoms. The fraction of sp³-hybridized carbons (Fsp3) is 0.636. The Kier molecular flexibility index (Phi) is 3.70. The van der Waals surface area contributed by atoms with Crippen molar-refractivity contribution in [3.05, 3.63) is 17.5 Å². The summed E-state index contributed by atoms with van der Waals surface area (Å²) in [6.07, 6.45) is 0.796. The number of hydrogen-bond donors (Lipinski definition) is 1. The van der Waals surface area contributed by atoms with E-state index in [0.29, 0.717) is 5.69 Å². The van der Waals surface area contributed by atoms with Crippen molar-refractivity contribution < 1.29 is 9.53 Å². The monoisotopic (exact) mass is 225 g/mol. The molecule has 90 valence electrons. The van der Waals surface area contributed by atoms with Crippen LogP contribution in [-0.2, 0) is 18.2 Å². The summed E-state index contributed by atoms with van der Waals surface area (Å²) in [7, 11) is 5.10. The van der Waals surface area contributed by atoms with E-state index < -0.39 is 5.97 Å². The Morgan fingerprint density at radius 2 is 2.25 bits per heavy atom. The first-order valence-corrected chi connectivity index (χ1v) is 5.20. The second kappa shape index (κ2) is 4.65. The van der Waals surface area contributed by atoms with E-state index in [1.165, 1.54) is 7.11 Å². The molecule has 0 unspecified atom stereocenters. The second-order valence-electron chi connectivity index (χ2n) is 4.45. The van der Waals surface area contributed by atoms with E-state index in [1.807, 2.05) is 14.1 Å². The maximum absolute atomic E-state index is 11.3. The Hall–Kier alpha value is -1.36. The number of nitrogens with one attached hydrogen (secondary N) is 1. The van der Waals surface area contributed by atoms with Gasteiger partial charge in [0.05, 0.1) is 7.11 Å². The number of aromatic nitrogens is 2. The zero-order valence-electron chi connectivity index (χ0n) is 10.5. The van der Waals surface area contributed by atoms with Gasteiger partial charge in [0.25, 0.3) is 0 Å². The largest absolute Gasteiger partial charge is 0.464 e. The van der Waals surface area contributed by atoms with Crippen LogP contribution in [0.1, 0.15) is 30.0 Å². The summed E-state index contributed by atoms with van der Waals surface area (Å²) in [5.74, 6) is -0.399. The first kappa shape index (κ1) is 12.7. The van der Waals surface area contributed by atoms with Gasteiger partial charge in [-0.3, -0.25) is 4.68 Å². The molecule has 5 nitrogen and oxygen atoms in total. The molecule has 1 rings (SSSR count). The van der Waals surface area contributed by atoms with E-state index in [2.05, 4.69) is 29.0 Å². The van der Waals surface area contributed by atoms with Gasteiger partial charge in [0, 0.05) is 24.7 Å². The molecule has 5 heteroatoms. The molecule has 0 aliphatic rings. The minimum atomic E-state index is -0.399. The predicted octanol–water partition coefficient (Wildman–Crippen LogP) is 0.747.